The zero-order valence-electron chi connectivity index (χ0n) is 18.5. The Morgan fingerprint density at radius 2 is 1.94 bits per heavy atom. The molecule has 0 saturated carbocycles. The summed E-state index contributed by atoms with van der Waals surface area (Å²) in [6.07, 6.45) is 2.15. The van der Waals surface area contributed by atoms with E-state index in [1.807, 2.05) is 42.6 Å². The monoisotopic (exact) mass is 482 g/mol. The zero-order chi connectivity index (χ0) is 24.1. The van der Waals surface area contributed by atoms with E-state index in [0.717, 1.165) is 22.0 Å². The van der Waals surface area contributed by atoms with Gasteiger partial charge in [0, 0.05) is 41.2 Å². The number of hydrogen-bond donors (Lipinski definition) is 3. The second-order valence-electron chi connectivity index (χ2n) is 7.81. The number of carboxylic acid groups (broad SMARTS) is 1. The van der Waals surface area contributed by atoms with Crippen molar-refractivity contribution in [1.29, 1.82) is 0 Å². The largest absolute Gasteiger partial charge is 0.493 e. The number of benzene rings is 3. The number of rotatable bonds is 10. The maximum absolute atomic E-state index is 13.4. The molecule has 0 amide bonds. The first-order valence-corrected chi connectivity index (χ1v) is 11.1. The lowest BCUT2D eigenvalue weighted by Crippen LogP contribution is -2.38. The fourth-order valence-corrected chi connectivity index (χ4v) is 4.04. The van der Waals surface area contributed by atoms with Crippen LogP contribution in [0.2, 0.25) is 5.02 Å². The predicted octanol–water partition coefficient (Wildman–Crippen LogP) is 5.33. The number of halogens is 2. The third kappa shape index (κ3) is 5.32. The molecule has 1 unspecified atom stereocenters. The Bertz CT molecular complexity index is 1310. The fraction of sp³-hybridized carbons (Fsp3) is 0.192. The van der Waals surface area contributed by atoms with Crippen LogP contribution in [0.25, 0.3) is 10.9 Å². The molecule has 0 bridgehead atoms. The van der Waals surface area contributed by atoms with Crippen molar-refractivity contribution < 1.29 is 23.8 Å². The molecule has 3 N–H and O–H groups in total. The number of nitrogens with one attached hydrogen (secondary N) is 2. The summed E-state index contributed by atoms with van der Waals surface area (Å²) in [6.45, 7) is 0.340. The maximum atomic E-state index is 13.4. The Kier molecular flexibility index (Phi) is 7.35. The van der Waals surface area contributed by atoms with Gasteiger partial charge in [-0.25, -0.2) is 4.39 Å². The summed E-state index contributed by atoms with van der Waals surface area (Å²) >= 11 is 6.12. The molecule has 0 radical (unpaired) electrons. The molecule has 0 aliphatic rings. The summed E-state index contributed by atoms with van der Waals surface area (Å²) in [6, 6.07) is 16.5. The lowest BCUT2D eigenvalue weighted by atomic mass is 10.0. The van der Waals surface area contributed by atoms with Crippen LogP contribution in [0.1, 0.15) is 16.7 Å². The molecule has 6 nitrogen and oxygen atoms in total. The molecule has 0 spiro atoms. The van der Waals surface area contributed by atoms with Gasteiger partial charge in [0.25, 0.3) is 0 Å². The van der Waals surface area contributed by atoms with Gasteiger partial charge in [0.05, 0.1) is 12.1 Å². The smallest absolute Gasteiger partial charge is 0.321 e. The van der Waals surface area contributed by atoms with Gasteiger partial charge in [0.2, 0.25) is 0 Å². The molecule has 0 saturated heterocycles. The molecule has 4 aromatic rings. The van der Waals surface area contributed by atoms with Gasteiger partial charge < -0.3 is 19.6 Å². The first-order valence-electron chi connectivity index (χ1n) is 10.7. The molecule has 34 heavy (non-hydrogen) atoms. The quantitative estimate of drug-likeness (QED) is 0.284. The number of carbonyl (C=O) groups is 1. The molecule has 3 aromatic carbocycles. The molecular weight excluding hydrogens is 459 g/mol. The van der Waals surface area contributed by atoms with Crippen molar-refractivity contribution in [2.45, 2.75) is 25.6 Å². The zero-order valence-corrected chi connectivity index (χ0v) is 19.2. The number of aromatic amines is 1. The highest BCUT2D eigenvalue weighted by molar-refractivity contribution is 6.31. The Labute approximate surface area is 201 Å². The topological polar surface area (TPSA) is 83.6 Å². The summed E-state index contributed by atoms with van der Waals surface area (Å²) in [7, 11) is 1.53. The lowest BCUT2D eigenvalue weighted by Gasteiger charge is -2.18. The number of H-pyrrole nitrogens is 1. The van der Waals surface area contributed by atoms with Crippen LogP contribution in [-0.4, -0.2) is 29.2 Å². The van der Waals surface area contributed by atoms with E-state index in [9.17, 15) is 14.3 Å². The summed E-state index contributed by atoms with van der Waals surface area (Å²) in [4.78, 5) is 15.2. The first kappa shape index (κ1) is 23.6. The van der Waals surface area contributed by atoms with Gasteiger partial charge in [0.15, 0.2) is 11.5 Å². The van der Waals surface area contributed by atoms with Crippen LogP contribution in [0, 0.1) is 5.82 Å². The fourth-order valence-electron chi connectivity index (χ4n) is 3.81. The van der Waals surface area contributed by atoms with Crippen LogP contribution in [0.4, 0.5) is 4.39 Å². The minimum atomic E-state index is -0.950. The average molecular weight is 483 g/mol. The number of methoxy groups -OCH3 is 1. The van der Waals surface area contributed by atoms with Crippen molar-refractivity contribution in [2.24, 2.45) is 0 Å². The highest BCUT2D eigenvalue weighted by Crippen LogP contribution is 2.32. The van der Waals surface area contributed by atoms with Crippen LogP contribution in [0.3, 0.4) is 0 Å². The molecule has 1 atom stereocenters. The predicted molar refractivity (Wildman–Crippen MR) is 129 cm³/mol. The second-order valence-corrected chi connectivity index (χ2v) is 8.22. The van der Waals surface area contributed by atoms with E-state index in [1.54, 1.807) is 12.1 Å². The number of aliphatic carboxylic acids is 1. The summed E-state index contributed by atoms with van der Waals surface area (Å²) in [5.41, 5.74) is 3.23. The SMILES string of the molecule is COc1cccc(CNC(Cc2c[nH]c3ccccc23)C(=O)O)c1OCc1ccc(F)cc1Cl. The number of hydrogen-bond acceptors (Lipinski definition) is 4. The summed E-state index contributed by atoms with van der Waals surface area (Å²) in [5.74, 6) is -0.408. The Morgan fingerprint density at radius 1 is 1.12 bits per heavy atom. The van der Waals surface area contributed by atoms with Gasteiger partial charge in [0.1, 0.15) is 18.5 Å². The van der Waals surface area contributed by atoms with E-state index < -0.39 is 17.8 Å². The van der Waals surface area contributed by atoms with Crippen LogP contribution in [0.5, 0.6) is 11.5 Å². The van der Waals surface area contributed by atoms with Gasteiger partial charge in [-0.2, -0.15) is 0 Å². The van der Waals surface area contributed by atoms with E-state index >= 15 is 0 Å². The van der Waals surface area contributed by atoms with Crippen molar-refractivity contribution in [3.05, 3.63) is 94.4 Å². The molecule has 0 aliphatic heterocycles. The minimum Gasteiger partial charge on any atom is -0.493 e. The number of ether oxygens (including phenoxy) is 2. The van der Waals surface area contributed by atoms with Crippen molar-refractivity contribution in [3.8, 4) is 11.5 Å². The van der Waals surface area contributed by atoms with Crippen LogP contribution < -0.4 is 14.8 Å². The maximum Gasteiger partial charge on any atom is 0.321 e. The third-order valence-electron chi connectivity index (χ3n) is 5.60. The van der Waals surface area contributed by atoms with Crippen LogP contribution >= 0.6 is 11.6 Å². The Hall–Kier alpha value is -3.55. The highest BCUT2D eigenvalue weighted by atomic mass is 35.5. The molecule has 0 aliphatic carbocycles. The van der Waals surface area contributed by atoms with E-state index in [2.05, 4.69) is 10.3 Å². The van der Waals surface area contributed by atoms with E-state index in [4.69, 9.17) is 21.1 Å². The molecule has 1 aromatic heterocycles. The molecule has 0 fully saturated rings. The van der Waals surface area contributed by atoms with E-state index in [-0.39, 0.29) is 18.2 Å². The van der Waals surface area contributed by atoms with Crippen LogP contribution in [0.15, 0.2) is 66.9 Å². The summed E-state index contributed by atoms with van der Waals surface area (Å²) < 4.78 is 24.8. The van der Waals surface area contributed by atoms with E-state index in [1.165, 1.54) is 19.2 Å². The second kappa shape index (κ2) is 10.6. The number of para-hydroxylation sites is 2. The van der Waals surface area contributed by atoms with E-state index in [0.29, 0.717) is 23.5 Å². The molecule has 8 heteroatoms. The van der Waals surface area contributed by atoms with Crippen molar-refractivity contribution in [1.82, 2.24) is 10.3 Å². The highest BCUT2D eigenvalue weighted by Gasteiger charge is 2.21. The van der Waals surface area contributed by atoms with Gasteiger partial charge >= 0.3 is 5.97 Å². The molecule has 176 valence electrons. The average Bonchev–Trinajstić information content (AvgIpc) is 3.24. The van der Waals surface area contributed by atoms with Gasteiger partial charge in [-0.05, 0) is 29.8 Å². The van der Waals surface area contributed by atoms with Crippen molar-refractivity contribution >= 4 is 28.5 Å². The first-order chi connectivity index (χ1) is 16.5. The molecule has 4 rings (SSSR count). The number of aromatic nitrogens is 1. The minimum absolute atomic E-state index is 0.101. The molecular formula is C26H24ClFN2O4. The van der Waals surface area contributed by atoms with Gasteiger partial charge in [-0.3, -0.25) is 10.1 Å². The Balaban J connectivity index is 1.51. The summed E-state index contributed by atoms with van der Waals surface area (Å²) in [5, 5.41) is 14.2. The van der Waals surface area contributed by atoms with Gasteiger partial charge in [-0.1, -0.05) is 48.0 Å². The number of carboxylic acids is 1. The van der Waals surface area contributed by atoms with Crippen molar-refractivity contribution in [2.75, 3.05) is 7.11 Å². The normalized spacial score (nSPS) is 12.0. The van der Waals surface area contributed by atoms with Crippen LogP contribution in [-0.2, 0) is 24.4 Å². The molecule has 1 heterocycles. The standard InChI is InChI=1S/C26H24ClFN2O4/c1-33-24-8-4-5-16(25(24)34-15-17-9-10-19(28)12-21(17)27)13-30-23(26(31)32)11-18-14-29-22-7-3-2-6-20(18)22/h2-10,12,14,23,29-30H,11,13,15H2,1H3,(H,31,32). The van der Waals surface area contributed by atoms with Crippen molar-refractivity contribution in [3.63, 3.8) is 0 Å². The third-order valence-corrected chi connectivity index (χ3v) is 5.96. The Morgan fingerprint density at radius 3 is 2.71 bits per heavy atom. The lowest BCUT2D eigenvalue weighted by molar-refractivity contribution is -0.139. The van der Waals surface area contributed by atoms with Gasteiger partial charge in [-0.15, -0.1) is 0 Å². The number of fused-ring (bicyclic) bond motifs is 1.